The molecular formula is C16H20N4O3. The van der Waals surface area contributed by atoms with Crippen LogP contribution in [0.5, 0.6) is 0 Å². The molecule has 0 spiro atoms. The first-order valence-corrected chi connectivity index (χ1v) is 7.71. The SMILES string of the molecule is CN1CCN(C(=O)CC2NC(=O)c3ccccc3NC2=O)CC1. The molecule has 1 atom stereocenters. The molecule has 1 aromatic carbocycles. The zero-order chi connectivity index (χ0) is 16.4. The number of anilines is 1. The molecule has 2 N–H and O–H groups in total. The van der Waals surface area contributed by atoms with Crippen molar-refractivity contribution in [3.63, 3.8) is 0 Å². The Morgan fingerprint density at radius 3 is 2.61 bits per heavy atom. The number of nitrogens with one attached hydrogen (secondary N) is 2. The molecule has 7 nitrogen and oxygen atoms in total. The van der Waals surface area contributed by atoms with Crippen LogP contribution in [0.3, 0.4) is 0 Å². The average molecular weight is 316 g/mol. The Morgan fingerprint density at radius 1 is 1.17 bits per heavy atom. The van der Waals surface area contributed by atoms with E-state index in [1.54, 1.807) is 29.2 Å². The van der Waals surface area contributed by atoms with Crippen LogP contribution in [0.4, 0.5) is 5.69 Å². The van der Waals surface area contributed by atoms with E-state index in [2.05, 4.69) is 15.5 Å². The van der Waals surface area contributed by atoms with Crippen LogP contribution < -0.4 is 10.6 Å². The smallest absolute Gasteiger partial charge is 0.254 e. The van der Waals surface area contributed by atoms with Gasteiger partial charge >= 0.3 is 0 Å². The van der Waals surface area contributed by atoms with Gasteiger partial charge in [0, 0.05) is 26.2 Å². The molecule has 0 aromatic heterocycles. The van der Waals surface area contributed by atoms with Crippen molar-refractivity contribution in [2.45, 2.75) is 12.5 Å². The molecule has 0 radical (unpaired) electrons. The lowest BCUT2D eigenvalue weighted by molar-refractivity contribution is -0.135. The van der Waals surface area contributed by atoms with Crippen molar-refractivity contribution in [1.29, 1.82) is 0 Å². The molecule has 1 unspecified atom stereocenters. The number of nitrogens with zero attached hydrogens (tertiary/aromatic N) is 2. The van der Waals surface area contributed by atoms with Crippen LogP contribution in [0.25, 0.3) is 0 Å². The molecule has 122 valence electrons. The van der Waals surface area contributed by atoms with Gasteiger partial charge in [0.2, 0.25) is 11.8 Å². The predicted molar refractivity (Wildman–Crippen MR) is 85.0 cm³/mol. The number of benzene rings is 1. The molecule has 2 aliphatic rings. The molecule has 0 bridgehead atoms. The third-order valence-corrected chi connectivity index (χ3v) is 4.29. The highest BCUT2D eigenvalue weighted by molar-refractivity contribution is 6.10. The molecule has 1 aromatic rings. The van der Waals surface area contributed by atoms with Gasteiger partial charge in [-0.3, -0.25) is 14.4 Å². The topological polar surface area (TPSA) is 81.8 Å². The highest BCUT2D eigenvalue weighted by Crippen LogP contribution is 2.19. The molecular weight excluding hydrogens is 296 g/mol. The summed E-state index contributed by atoms with van der Waals surface area (Å²) in [5.41, 5.74) is 0.889. The van der Waals surface area contributed by atoms with E-state index in [0.29, 0.717) is 24.3 Å². The van der Waals surface area contributed by atoms with Gasteiger partial charge in [0.05, 0.1) is 17.7 Å². The summed E-state index contributed by atoms with van der Waals surface area (Å²) < 4.78 is 0. The number of likely N-dealkylation sites (N-methyl/N-ethyl adjacent to an activating group) is 1. The zero-order valence-corrected chi connectivity index (χ0v) is 13.0. The molecule has 2 heterocycles. The summed E-state index contributed by atoms with van der Waals surface area (Å²) in [5.74, 6) is -0.801. The zero-order valence-electron chi connectivity index (χ0n) is 13.0. The first-order valence-electron chi connectivity index (χ1n) is 7.71. The van der Waals surface area contributed by atoms with Crippen LogP contribution in [0.15, 0.2) is 24.3 Å². The fraction of sp³-hybridized carbons (Fsp3) is 0.438. The van der Waals surface area contributed by atoms with Gasteiger partial charge in [-0.05, 0) is 19.2 Å². The lowest BCUT2D eigenvalue weighted by Crippen LogP contribution is -2.50. The lowest BCUT2D eigenvalue weighted by Gasteiger charge is -2.33. The molecule has 2 aliphatic heterocycles. The number of amides is 3. The Labute approximate surface area is 134 Å². The Hall–Kier alpha value is -2.41. The number of para-hydroxylation sites is 1. The van der Waals surface area contributed by atoms with Crippen molar-refractivity contribution >= 4 is 23.4 Å². The highest BCUT2D eigenvalue weighted by Gasteiger charge is 2.31. The summed E-state index contributed by atoms with van der Waals surface area (Å²) in [6, 6.07) is 5.97. The fourth-order valence-corrected chi connectivity index (χ4v) is 2.81. The highest BCUT2D eigenvalue weighted by atomic mass is 16.2. The molecule has 7 heteroatoms. The van der Waals surface area contributed by atoms with Crippen molar-refractivity contribution in [2.75, 3.05) is 38.5 Å². The van der Waals surface area contributed by atoms with E-state index < -0.39 is 6.04 Å². The first kappa shape index (κ1) is 15.5. The van der Waals surface area contributed by atoms with Gasteiger partial charge in [-0.1, -0.05) is 12.1 Å². The van der Waals surface area contributed by atoms with Crippen LogP contribution in [0.2, 0.25) is 0 Å². The van der Waals surface area contributed by atoms with E-state index in [4.69, 9.17) is 0 Å². The standard InChI is InChI=1S/C16H20N4O3/c1-19-6-8-20(9-7-19)14(21)10-13-16(23)17-12-5-3-2-4-11(12)15(22)18-13/h2-5,13H,6-10H2,1H3,(H,17,23)(H,18,22). The van der Waals surface area contributed by atoms with Crippen molar-refractivity contribution in [2.24, 2.45) is 0 Å². The number of piperazine rings is 1. The van der Waals surface area contributed by atoms with Gasteiger partial charge in [-0.15, -0.1) is 0 Å². The van der Waals surface area contributed by atoms with E-state index in [1.165, 1.54) is 0 Å². The average Bonchev–Trinajstić information content (AvgIpc) is 2.65. The Morgan fingerprint density at radius 2 is 1.87 bits per heavy atom. The molecule has 1 fully saturated rings. The Kier molecular flexibility index (Phi) is 4.29. The minimum atomic E-state index is -0.845. The van der Waals surface area contributed by atoms with Gasteiger partial charge in [-0.25, -0.2) is 0 Å². The minimum absolute atomic E-state index is 0.0186. The molecule has 3 rings (SSSR count). The Balaban J connectivity index is 1.68. The van der Waals surface area contributed by atoms with Crippen molar-refractivity contribution in [1.82, 2.24) is 15.1 Å². The monoisotopic (exact) mass is 316 g/mol. The number of hydrogen-bond acceptors (Lipinski definition) is 4. The van der Waals surface area contributed by atoms with Crippen LogP contribution >= 0.6 is 0 Å². The van der Waals surface area contributed by atoms with E-state index >= 15 is 0 Å². The summed E-state index contributed by atoms with van der Waals surface area (Å²) >= 11 is 0. The summed E-state index contributed by atoms with van der Waals surface area (Å²) in [6.45, 7) is 2.94. The second-order valence-electron chi connectivity index (χ2n) is 5.95. The summed E-state index contributed by atoms with van der Waals surface area (Å²) in [4.78, 5) is 40.8. The van der Waals surface area contributed by atoms with Crippen LogP contribution in [-0.2, 0) is 9.59 Å². The van der Waals surface area contributed by atoms with E-state index in [0.717, 1.165) is 13.1 Å². The lowest BCUT2D eigenvalue weighted by atomic mass is 10.1. The number of fused-ring (bicyclic) bond motifs is 1. The van der Waals surface area contributed by atoms with E-state index in [1.807, 2.05) is 7.05 Å². The second kappa shape index (κ2) is 6.37. The normalized spacial score (nSPS) is 22.0. The van der Waals surface area contributed by atoms with Gasteiger partial charge in [0.25, 0.3) is 5.91 Å². The first-order chi connectivity index (χ1) is 11.0. The maximum absolute atomic E-state index is 12.4. The Bertz CT molecular complexity index is 638. The number of carbonyl (C=O) groups is 3. The van der Waals surface area contributed by atoms with Gasteiger partial charge in [0.15, 0.2) is 0 Å². The molecule has 0 saturated carbocycles. The quantitative estimate of drug-likeness (QED) is 0.798. The molecule has 23 heavy (non-hydrogen) atoms. The summed E-state index contributed by atoms with van der Waals surface area (Å²) in [7, 11) is 2.01. The molecule has 3 amide bonds. The fourth-order valence-electron chi connectivity index (χ4n) is 2.81. The third-order valence-electron chi connectivity index (χ3n) is 4.29. The van der Waals surface area contributed by atoms with E-state index in [9.17, 15) is 14.4 Å². The van der Waals surface area contributed by atoms with Crippen molar-refractivity contribution < 1.29 is 14.4 Å². The molecule has 1 saturated heterocycles. The van der Waals surface area contributed by atoms with Crippen LogP contribution in [0.1, 0.15) is 16.8 Å². The summed E-state index contributed by atoms with van der Waals surface area (Å²) in [6.07, 6.45) is -0.0186. The number of hydrogen-bond donors (Lipinski definition) is 2. The number of carbonyl (C=O) groups excluding carboxylic acids is 3. The maximum atomic E-state index is 12.4. The summed E-state index contributed by atoms with van der Waals surface area (Å²) in [5, 5.41) is 5.37. The largest absolute Gasteiger partial charge is 0.340 e. The van der Waals surface area contributed by atoms with Crippen molar-refractivity contribution in [3.05, 3.63) is 29.8 Å². The third kappa shape index (κ3) is 3.34. The minimum Gasteiger partial charge on any atom is -0.340 e. The maximum Gasteiger partial charge on any atom is 0.254 e. The predicted octanol–water partition coefficient (Wildman–Crippen LogP) is -0.0988. The van der Waals surface area contributed by atoms with Crippen molar-refractivity contribution in [3.8, 4) is 0 Å². The second-order valence-corrected chi connectivity index (χ2v) is 5.95. The van der Waals surface area contributed by atoms with Gasteiger partial charge in [-0.2, -0.15) is 0 Å². The van der Waals surface area contributed by atoms with E-state index in [-0.39, 0.29) is 24.1 Å². The van der Waals surface area contributed by atoms with Gasteiger partial charge in [0.1, 0.15) is 6.04 Å². The van der Waals surface area contributed by atoms with Crippen LogP contribution in [-0.4, -0.2) is 66.8 Å². The van der Waals surface area contributed by atoms with Crippen LogP contribution in [0, 0.1) is 0 Å². The number of rotatable bonds is 2. The van der Waals surface area contributed by atoms with Gasteiger partial charge < -0.3 is 20.4 Å². The molecule has 0 aliphatic carbocycles.